The fourth-order valence-corrected chi connectivity index (χ4v) is 4.32. The number of nitrogens with zero attached hydrogens (tertiary/aromatic N) is 1. The van der Waals surface area contributed by atoms with Gasteiger partial charge >= 0.3 is 0 Å². The van der Waals surface area contributed by atoms with Crippen molar-refractivity contribution in [2.24, 2.45) is 0 Å². The maximum Gasteiger partial charge on any atom is 0.206 e. The minimum atomic E-state index is -3.49. The molecule has 0 fully saturated rings. The fourth-order valence-electron chi connectivity index (χ4n) is 3.00. The second-order valence-corrected chi connectivity index (χ2v) is 7.92. The van der Waals surface area contributed by atoms with Gasteiger partial charge in [-0.2, -0.15) is 0 Å². The van der Waals surface area contributed by atoms with Gasteiger partial charge in [0, 0.05) is 23.6 Å². The van der Waals surface area contributed by atoms with Crippen molar-refractivity contribution in [2.75, 3.05) is 0 Å². The third-order valence-electron chi connectivity index (χ3n) is 4.30. The molecule has 3 aromatic carbocycles. The summed E-state index contributed by atoms with van der Waals surface area (Å²) in [4.78, 5) is 0.640. The van der Waals surface area contributed by atoms with Gasteiger partial charge in [-0.3, -0.25) is 0 Å². The molecule has 1 aromatic heterocycles. The van der Waals surface area contributed by atoms with E-state index in [4.69, 9.17) is 0 Å². The number of hydrogen-bond donors (Lipinski definition) is 0. The topological polar surface area (TPSA) is 39.1 Å². The predicted molar refractivity (Wildman–Crippen MR) is 99.4 cm³/mol. The van der Waals surface area contributed by atoms with Crippen LogP contribution in [-0.2, 0) is 16.4 Å². The molecule has 4 heteroatoms. The first-order valence-electron chi connectivity index (χ1n) is 8.07. The van der Waals surface area contributed by atoms with Gasteiger partial charge in [0.2, 0.25) is 9.84 Å². The van der Waals surface area contributed by atoms with Gasteiger partial charge in [0.05, 0.1) is 9.79 Å². The van der Waals surface area contributed by atoms with Crippen LogP contribution in [0.2, 0.25) is 0 Å². The smallest absolute Gasteiger partial charge is 0.206 e. The third kappa shape index (κ3) is 2.96. The number of aromatic nitrogens is 1. The Bertz CT molecular complexity index is 1110. The van der Waals surface area contributed by atoms with E-state index in [0.29, 0.717) is 9.79 Å². The minimum absolute atomic E-state index is 0.318. The van der Waals surface area contributed by atoms with Crippen LogP contribution in [-0.4, -0.2) is 13.0 Å². The second kappa shape index (κ2) is 6.22. The zero-order valence-corrected chi connectivity index (χ0v) is 14.4. The molecule has 25 heavy (non-hydrogen) atoms. The third-order valence-corrected chi connectivity index (χ3v) is 6.07. The molecule has 3 nitrogen and oxygen atoms in total. The maximum atomic E-state index is 12.8. The predicted octanol–water partition coefficient (Wildman–Crippen LogP) is 4.52. The van der Waals surface area contributed by atoms with Gasteiger partial charge in [-0.05, 0) is 42.0 Å². The van der Waals surface area contributed by atoms with Crippen LogP contribution in [0.4, 0.5) is 0 Å². The van der Waals surface area contributed by atoms with Crippen molar-refractivity contribution in [1.82, 2.24) is 4.57 Å². The van der Waals surface area contributed by atoms with Crippen LogP contribution in [0.15, 0.2) is 101 Å². The summed E-state index contributed by atoms with van der Waals surface area (Å²) in [6.45, 7) is 0.759. The molecule has 0 bridgehead atoms. The van der Waals surface area contributed by atoms with Crippen LogP contribution >= 0.6 is 0 Å². The van der Waals surface area contributed by atoms with Gasteiger partial charge in [-0.15, -0.1) is 0 Å². The van der Waals surface area contributed by atoms with Crippen molar-refractivity contribution < 1.29 is 8.42 Å². The van der Waals surface area contributed by atoms with E-state index in [1.54, 1.807) is 36.4 Å². The number of fused-ring (bicyclic) bond motifs is 1. The Kier molecular flexibility index (Phi) is 3.90. The molecule has 0 aliphatic carbocycles. The summed E-state index contributed by atoms with van der Waals surface area (Å²) in [5.74, 6) is 0. The first-order chi connectivity index (χ1) is 12.1. The largest absolute Gasteiger partial charge is 0.343 e. The molecule has 0 unspecified atom stereocenters. The Morgan fingerprint density at radius 2 is 1.40 bits per heavy atom. The quantitative estimate of drug-likeness (QED) is 0.544. The highest BCUT2D eigenvalue weighted by molar-refractivity contribution is 7.91. The lowest BCUT2D eigenvalue weighted by atomic mass is 10.2. The molecule has 1 heterocycles. The highest BCUT2D eigenvalue weighted by Gasteiger charge is 2.18. The molecule has 0 atom stereocenters. The van der Waals surface area contributed by atoms with Crippen LogP contribution in [0.3, 0.4) is 0 Å². The summed E-state index contributed by atoms with van der Waals surface area (Å²) < 4.78 is 27.7. The van der Waals surface area contributed by atoms with Crippen molar-refractivity contribution in [3.63, 3.8) is 0 Å². The van der Waals surface area contributed by atoms with Gasteiger partial charge < -0.3 is 4.57 Å². The summed E-state index contributed by atoms with van der Waals surface area (Å²) in [6, 6.07) is 26.0. The molecule has 0 saturated carbocycles. The lowest BCUT2D eigenvalue weighted by Gasteiger charge is -2.08. The van der Waals surface area contributed by atoms with Gasteiger partial charge in [0.25, 0.3) is 0 Å². The molecule has 4 aromatic rings. The molecular weight excluding hydrogens is 330 g/mol. The molecule has 4 rings (SSSR count). The number of benzene rings is 3. The van der Waals surface area contributed by atoms with Gasteiger partial charge in [0.1, 0.15) is 0 Å². The van der Waals surface area contributed by atoms with Crippen LogP contribution in [0.25, 0.3) is 10.9 Å². The summed E-state index contributed by atoms with van der Waals surface area (Å²) in [7, 11) is -3.49. The van der Waals surface area contributed by atoms with Crippen molar-refractivity contribution in [3.8, 4) is 0 Å². The highest BCUT2D eigenvalue weighted by atomic mass is 32.2. The molecule has 0 radical (unpaired) electrons. The summed E-state index contributed by atoms with van der Waals surface area (Å²) >= 11 is 0. The fraction of sp³-hybridized carbons (Fsp3) is 0.0476. The van der Waals surface area contributed by atoms with E-state index in [-0.39, 0.29) is 0 Å². The summed E-state index contributed by atoms with van der Waals surface area (Å²) in [5.41, 5.74) is 2.23. The van der Waals surface area contributed by atoms with Gasteiger partial charge in [-0.25, -0.2) is 8.42 Å². The average Bonchev–Trinajstić information content (AvgIpc) is 3.05. The molecule has 0 N–H and O–H groups in total. The lowest BCUT2D eigenvalue weighted by molar-refractivity contribution is 0.596. The van der Waals surface area contributed by atoms with E-state index in [2.05, 4.69) is 16.7 Å². The SMILES string of the molecule is O=S(=O)(c1ccccc1)c1ccc2c(ccn2Cc2ccccc2)c1. The minimum Gasteiger partial charge on any atom is -0.343 e. The molecule has 0 saturated heterocycles. The normalized spacial score (nSPS) is 11.7. The molecule has 0 aliphatic heterocycles. The maximum absolute atomic E-state index is 12.8. The zero-order valence-electron chi connectivity index (χ0n) is 13.5. The Morgan fingerprint density at radius 3 is 2.12 bits per heavy atom. The highest BCUT2D eigenvalue weighted by Crippen LogP contribution is 2.25. The molecule has 0 amide bonds. The first-order valence-corrected chi connectivity index (χ1v) is 9.56. The van der Waals surface area contributed by atoms with E-state index in [0.717, 1.165) is 17.4 Å². The van der Waals surface area contributed by atoms with Crippen molar-refractivity contribution in [1.29, 1.82) is 0 Å². The van der Waals surface area contributed by atoms with E-state index < -0.39 is 9.84 Å². The molecular formula is C21H17NO2S. The molecule has 0 spiro atoms. The van der Waals surface area contributed by atoms with E-state index in [9.17, 15) is 8.42 Å². The molecule has 124 valence electrons. The van der Waals surface area contributed by atoms with E-state index >= 15 is 0 Å². The number of hydrogen-bond acceptors (Lipinski definition) is 2. The van der Waals surface area contributed by atoms with Crippen LogP contribution in [0.1, 0.15) is 5.56 Å². The van der Waals surface area contributed by atoms with Gasteiger partial charge in [-0.1, -0.05) is 48.5 Å². The lowest BCUT2D eigenvalue weighted by Crippen LogP contribution is -2.02. The summed E-state index contributed by atoms with van der Waals surface area (Å²) in [5, 5.41) is 0.924. The number of sulfone groups is 1. The zero-order chi connectivity index (χ0) is 17.3. The molecule has 0 aliphatic rings. The Morgan fingerprint density at radius 1 is 0.720 bits per heavy atom. The number of rotatable bonds is 4. The van der Waals surface area contributed by atoms with Crippen LogP contribution in [0.5, 0.6) is 0 Å². The Labute approximate surface area is 147 Å². The first kappa shape index (κ1) is 15.7. The van der Waals surface area contributed by atoms with Crippen molar-refractivity contribution >= 4 is 20.7 Å². The Hall–Kier alpha value is -2.85. The standard InChI is InChI=1S/C21H17NO2S/c23-25(24,19-9-5-2-6-10-19)20-11-12-21-18(15-20)13-14-22(21)16-17-7-3-1-4-8-17/h1-15H,16H2. The van der Waals surface area contributed by atoms with Crippen molar-refractivity contribution in [2.45, 2.75) is 16.3 Å². The van der Waals surface area contributed by atoms with Crippen LogP contribution < -0.4 is 0 Å². The summed E-state index contributed by atoms with van der Waals surface area (Å²) in [6.07, 6.45) is 2.00. The van der Waals surface area contributed by atoms with Crippen molar-refractivity contribution in [3.05, 3.63) is 96.7 Å². The van der Waals surface area contributed by atoms with Gasteiger partial charge in [0.15, 0.2) is 0 Å². The van der Waals surface area contributed by atoms with E-state index in [1.165, 1.54) is 5.56 Å². The monoisotopic (exact) mass is 347 g/mol. The van der Waals surface area contributed by atoms with E-state index in [1.807, 2.05) is 42.6 Å². The average molecular weight is 347 g/mol. The second-order valence-electron chi connectivity index (χ2n) is 5.97. The van der Waals surface area contributed by atoms with Crippen LogP contribution in [0, 0.1) is 0 Å². The Balaban J connectivity index is 1.73.